The third-order valence-electron chi connectivity index (χ3n) is 7.50. The molecule has 5 rings (SSSR count). The minimum atomic E-state index is -1.01. The highest BCUT2D eigenvalue weighted by molar-refractivity contribution is 5.76. The largest absolute Gasteiger partial charge is 0.481 e. The summed E-state index contributed by atoms with van der Waals surface area (Å²) in [6.07, 6.45) is 3.53. The molecule has 1 aliphatic carbocycles. The molecule has 4 aliphatic heterocycles. The van der Waals surface area contributed by atoms with Gasteiger partial charge in [-0.15, -0.1) is 0 Å². The van der Waals surface area contributed by atoms with Crippen molar-refractivity contribution in [3.63, 3.8) is 0 Å². The maximum Gasteiger partial charge on any atom is 0.306 e. The van der Waals surface area contributed by atoms with Crippen LogP contribution < -0.4 is 0 Å². The Balaban J connectivity index is 1.45. The zero-order valence-corrected chi connectivity index (χ0v) is 17.4. The number of hydrogen-bond donors (Lipinski definition) is 1. The summed E-state index contributed by atoms with van der Waals surface area (Å²) in [5.74, 6) is -1.00. The van der Waals surface area contributed by atoms with Gasteiger partial charge in [-0.3, -0.25) is 9.59 Å². The number of rotatable bonds is 6. The maximum absolute atomic E-state index is 11.7. The zero-order valence-electron chi connectivity index (χ0n) is 17.4. The summed E-state index contributed by atoms with van der Waals surface area (Å²) in [7, 11) is 0. The molecular weight excluding hydrogens is 380 g/mol. The first-order chi connectivity index (χ1) is 13.7. The summed E-state index contributed by atoms with van der Waals surface area (Å²) in [6, 6.07) is 0. The molecule has 8 heteroatoms. The normalized spacial score (nSPS) is 45.9. The smallest absolute Gasteiger partial charge is 0.306 e. The Hall–Kier alpha value is -1.22. The van der Waals surface area contributed by atoms with E-state index >= 15 is 0 Å². The monoisotopic (exact) mass is 412 g/mol. The first kappa shape index (κ1) is 21.0. The Kier molecular flexibility index (Phi) is 5.65. The van der Waals surface area contributed by atoms with Gasteiger partial charge in [0, 0.05) is 18.8 Å². The lowest BCUT2D eigenvalue weighted by Gasteiger charge is -2.60. The summed E-state index contributed by atoms with van der Waals surface area (Å²) in [6.45, 7) is 6.55. The van der Waals surface area contributed by atoms with E-state index in [4.69, 9.17) is 29.1 Å². The maximum atomic E-state index is 11.7. The van der Waals surface area contributed by atoms with Gasteiger partial charge in [0.25, 0.3) is 0 Å². The predicted molar refractivity (Wildman–Crippen MR) is 99.3 cm³/mol. The van der Waals surface area contributed by atoms with Crippen LogP contribution in [0.15, 0.2) is 0 Å². The molecule has 0 aromatic carbocycles. The molecule has 0 aromatic rings. The van der Waals surface area contributed by atoms with E-state index in [1.807, 2.05) is 6.92 Å². The van der Waals surface area contributed by atoms with Crippen molar-refractivity contribution >= 4 is 11.9 Å². The fourth-order valence-corrected chi connectivity index (χ4v) is 5.88. The molecule has 4 saturated heterocycles. The third kappa shape index (κ3) is 3.69. The lowest BCUT2D eigenvalue weighted by Crippen LogP contribution is -2.70. The molecule has 1 N–H and O–H groups in total. The average Bonchev–Trinajstić information content (AvgIpc) is 2.90. The van der Waals surface area contributed by atoms with Gasteiger partial charge < -0.3 is 19.3 Å². The van der Waals surface area contributed by atoms with Crippen LogP contribution in [0.1, 0.15) is 65.7 Å². The van der Waals surface area contributed by atoms with Crippen LogP contribution in [0.25, 0.3) is 0 Å². The highest BCUT2D eigenvalue weighted by Gasteiger charge is 2.69. The topological polar surface area (TPSA) is 101 Å². The van der Waals surface area contributed by atoms with Crippen LogP contribution in [0.4, 0.5) is 0 Å². The van der Waals surface area contributed by atoms with E-state index in [1.54, 1.807) is 0 Å². The lowest BCUT2D eigenvalue weighted by atomic mass is 9.57. The van der Waals surface area contributed by atoms with Gasteiger partial charge in [-0.1, -0.05) is 13.8 Å². The van der Waals surface area contributed by atoms with Crippen LogP contribution in [0.3, 0.4) is 0 Å². The molecular formula is C21H32O8. The number of fused-ring (bicyclic) bond motifs is 2. The van der Waals surface area contributed by atoms with Crippen molar-refractivity contribution in [3.05, 3.63) is 0 Å². The van der Waals surface area contributed by atoms with Crippen molar-refractivity contribution in [2.75, 3.05) is 6.61 Å². The number of aliphatic carboxylic acids is 1. The highest BCUT2D eigenvalue weighted by Crippen LogP contribution is 2.60. The summed E-state index contributed by atoms with van der Waals surface area (Å²) in [5, 5.41) is 8.67. The molecule has 1 saturated carbocycles. The Bertz CT molecular complexity index is 653. The molecule has 1 spiro atoms. The van der Waals surface area contributed by atoms with Gasteiger partial charge in [-0.05, 0) is 43.9 Å². The van der Waals surface area contributed by atoms with Crippen molar-refractivity contribution in [2.24, 2.45) is 23.7 Å². The van der Waals surface area contributed by atoms with Gasteiger partial charge in [0.2, 0.25) is 5.79 Å². The molecule has 0 unspecified atom stereocenters. The summed E-state index contributed by atoms with van der Waals surface area (Å²) >= 11 is 0. The summed E-state index contributed by atoms with van der Waals surface area (Å²) in [4.78, 5) is 34.2. The molecule has 5 aliphatic rings. The van der Waals surface area contributed by atoms with Crippen molar-refractivity contribution in [3.8, 4) is 0 Å². The third-order valence-corrected chi connectivity index (χ3v) is 7.50. The number of carbonyl (C=O) groups is 2. The summed E-state index contributed by atoms with van der Waals surface area (Å²) < 4.78 is 18.0. The molecule has 4 heterocycles. The predicted octanol–water partition coefficient (Wildman–Crippen LogP) is 3.04. The zero-order chi connectivity index (χ0) is 20.8. The molecule has 0 amide bonds. The van der Waals surface area contributed by atoms with Crippen LogP contribution in [0, 0.1) is 23.7 Å². The molecule has 2 bridgehead atoms. The van der Waals surface area contributed by atoms with Crippen LogP contribution >= 0.6 is 0 Å². The van der Waals surface area contributed by atoms with Gasteiger partial charge >= 0.3 is 11.9 Å². The minimum absolute atomic E-state index is 0.114. The SMILES string of the molecule is C[C@H]1[C@@H](CCOC(=O)CCC(=O)O)O[C@@H]2O[C@]3(C)CC[C@H]4[C@H](C)CC[C@@H]1[C@@]24OO3. The van der Waals surface area contributed by atoms with Crippen molar-refractivity contribution in [1.29, 1.82) is 0 Å². The molecule has 8 atom stereocenters. The van der Waals surface area contributed by atoms with Crippen LogP contribution in [-0.4, -0.2) is 47.4 Å². The first-order valence-electron chi connectivity index (χ1n) is 10.8. The van der Waals surface area contributed by atoms with Gasteiger partial charge in [0.05, 0.1) is 25.6 Å². The van der Waals surface area contributed by atoms with Crippen LogP contribution in [0.5, 0.6) is 0 Å². The van der Waals surface area contributed by atoms with Gasteiger partial charge in [0.1, 0.15) is 0 Å². The number of carboxylic acid groups (broad SMARTS) is 1. The Morgan fingerprint density at radius 3 is 2.66 bits per heavy atom. The minimum Gasteiger partial charge on any atom is -0.481 e. The van der Waals surface area contributed by atoms with Gasteiger partial charge in [-0.25, -0.2) is 9.78 Å². The number of ether oxygens (including phenoxy) is 3. The first-order valence-corrected chi connectivity index (χ1v) is 10.8. The van der Waals surface area contributed by atoms with Crippen LogP contribution in [0.2, 0.25) is 0 Å². The fraction of sp³-hybridized carbons (Fsp3) is 0.905. The summed E-state index contributed by atoms with van der Waals surface area (Å²) in [5.41, 5.74) is -0.582. The standard InChI is InChI=1S/C21H32O8/c1-12-4-5-15-13(2)16(9-11-25-18(24)7-6-17(22)23)26-19-21(15)14(12)8-10-20(3,27-19)28-29-21/h12-16,19H,4-11H2,1-3H3,(H,22,23)/t12-,13-,14+,15+,16-,19-,20+,21-/m1/s1. The number of carbonyl (C=O) groups excluding carboxylic acids is 1. The molecule has 0 aromatic heterocycles. The van der Waals surface area contributed by atoms with Gasteiger partial charge in [0.15, 0.2) is 11.9 Å². The van der Waals surface area contributed by atoms with E-state index in [1.165, 1.54) is 0 Å². The van der Waals surface area contributed by atoms with Crippen molar-refractivity contribution in [2.45, 2.75) is 89.5 Å². The van der Waals surface area contributed by atoms with Gasteiger partial charge in [-0.2, -0.15) is 0 Å². The van der Waals surface area contributed by atoms with E-state index in [9.17, 15) is 9.59 Å². The fourth-order valence-electron chi connectivity index (χ4n) is 5.88. The molecule has 0 radical (unpaired) electrons. The Morgan fingerprint density at radius 1 is 1.10 bits per heavy atom. The van der Waals surface area contributed by atoms with Crippen molar-refractivity contribution < 1.29 is 38.7 Å². The van der Waals surface area contributed by atoms with E-state index in [0.29, 0.717) is 18.3 Å². The molecule has 8 nitrogen and oxygen atoms in total. The quantitative estimate of drug-likeness (QED) is 0.525. The lowest BCUT2D eigenvalue weighted by molar-refractivity contribution is -0.571. The van der Waals surface area contributed by atoms with E-state index in [0.717, 1.165) is 25.7 Å². The van der Waals surface area contributed by atoms with Crippen LogP contribution in [-0.2, 0) is 33.6 Å². The Labute approximate surface area is 171 Å². The van der Waals surface area contributed by atoms with E-state index in [2.05, 4.69) is 13.8 Å². The van der Waals surface area contributed by atoms with E-state index in [-0.39, 0.29) is 37.4 Å². The second-order valence-corrected chi connectivity index (χ2v) is 9.35. The average molecular weight is 412 g/mol. The number of esters is 1. The molecule has 5 fully saturated rings. The highest BCUT2D eigenvalue weighted by atomic mass is 17.3. The number of hydrogen-bond acceptors (Lipinski definition) is 7. The Morgan fingerprint density at radius 2 is 1.90 bits per heavy atom. The van der Waals surface area contributed by atoms with Crippen molar-refractivity contribution in [1.82, 2.24) is 0 Å². The molecule has 164 valence electrons. The molecule has 29 heavy (non-hydrogen) atoms. The second-order valence-electron chi connectivity index (χ2n) is 9.35. The second kappa shape index (κ2) is 7.80. The van der Waals surface area contributed by atoms with E-state index < -0.39 is 29.6 Å². The number of carboxylic acids is 1.